The van der Waals surface area contributed by atoms with Crippen molar-refractivity contribution in [2.75, 3.05) is 19.1 Å². The van der Waals surface area contributed by atoms with E-state index in [1.807, 2.05) is 0 Å². The van der Waals surface area contributed by atoms with E-state index >= 15 is 0 Å². The highest BCUT2D eigenvalue weighted by Gasteiger charge is 2.48. The third-order valence-electron chi connectivity index (χ3n) is 4.84. The van der Waals surface area contributed by atoms with E-state index in [9.17, 15) is 19.1 Å². The molecule has 1 fully saturated rings. The van der Waals surface area contributed by atoms with Crippen LogP contribution >= 0.6 is 11.3 Å². The van der Waals surface area contributed by atoms with E-state index in [1.54, 1.807) is 18.2 Å². The Kier molecular flexibility index (Phi) is 5.38. The fraction of sp³-hybridized carbons (Fsp3) is 0.143. The van der Waals surface area contributed by atoms with Gasteiger partial charge < -0.3 is 14.6 Å². The summed E-state index contributed by atoms with van der Waals surface area (Å²) in [5.74, 6) is -1.84. The highest BCUT2D eigenvalue weighted by Crippen LogP contribution is 2.44. The van der Waals surface area contributed by atoms with Crippen molar-refractivity contribution in [2.45, 2.75) is 6.04 Å². The smallest absolute Gasteiger partial charge is 0.301 e. The number of nitrogens with zero attached hydrogens (tertiary/aromatic N) is 3. The number of aliphatic hydroxyl groups excluding tert-OH is 1. The maximum Gasteiger partial charge on any atom is 0.301 e. The average Bonchev–Trinajstić information content (AvgIpc) is 3.40. The molecule has 0 spiro atoms. The number of aromatic nitrogens is 2. The lowest BCUT2D eigenvalue weighted by molar-refractivity contribution is -0.132. The molecule has 10 heteroatoms. The number of hydrogen-bond donors (Lipinski definition) is 1. The zero-order valence-corrected chi connectivity index (χ0v) is 17.2. The molecule has 1 unspecified atom stereocenters. The summed E-state index contributed by atoms with van der Waals surface area (Å²) < 4.78 is 24.0. The predicted octanol–water partition coefficient (Wildman–Crippen LogP) is 3.32. The van der Waals surface area contributed by atoms with Crippen LogP contribution in [0.3, 0.4) is 0 Å². The SMILES string of the molecule is COc1ccc(C2/C(=C(/O)c3ccc(F)cc3)C(=O)C(=O)N2c2nncs2)cc1OC. The van der Waals surface area contributed by atoms with Crippen LogP contribution in [-0.2, 0) is 9.59 Å². The topological polar surface area (TPSA) is 102 Å². The van der Waals surface area contributed by atoms with Gasteiger partial charge in [0, 0.05) is 5.56 Å². The first-order valence-electron chi connectivity index (χ1n) is 9.01. The Bertz CT molecular complexity index is 1180. The van der Waals surface area contributed by atoms with Gasteiger partial charge >= 0.3 is 5.91 Å². The minimum absolute atomic E-state index is 0.154. The number of carbonyl (C=O) groups is 2. The number of ether oxygens (including phenoxy) is 2. The number of rotatable bonds is 5. The van der Waals surface area contributed by atoms with Gasteiger partial charge in [-0.05, 0) is 42.0 Å². The highest BCUT2D eigenvalue weighted by molar-refractivity contribution is 7.13. The standard InChI is InChI=1S/C21H16FN3O5S/c1-29-14-8-5-12(9-15(14)30-2)17-16(18(26)11-3-6-13(22)7-4-11)19(27)20(28)25(17)21-24-23-10-31-21/h3-10,17,26H,1-2H3/b18-16-. The van der Waals surface area contributed by atoms with Crippen molar-refractivity contribution in [3.8, 4) is 11.5 Å². The molecule has 31 heavy (non-hydrogen) atoms. The van der Waals surface area contributed by atoms with Crippen LogP contribution in [0.5, 0.6) is 11.5 Å². The molecule has 1 atom stereocenters. The summed E-state index contributed by atoms with van der Waals surface area (Å²) in [6.07, 6.45) is 0. The lowest BCUT2D eigenvalue weighted by atomic mass is 9.95. The number of aliphatic hydroxyl groups is 1. The summed E-state index contributed by atoms with van der Waals surface area (Å²) >= 11 is 1.07. The van der Waals surface area contributed by atoms with Gasteiger partial charge in [-0.2, -0.15) is 0 Å². The number of hydrogen-bond acceptors (Lipinski definition) is 8. The van der Waals surface area contributed by atoms with Gasteiger partial charge in [0.2, 0.25) is 5.13 Å². The second kappa shape index (κ2) is 8.15. The summed E-state index contributed by atoms with van der Waals surface area (Å²) in [6.45, 7) is 0. The first-order chi connectivity index (χ1) is 15.0. The average molecular weight is 441 g/mol. The number of benzene rings is 2. The zero-order valence-electron chi connectivity index (χ0n) is 16.4. The fourth-order valence-electron chi connectivity index (χ4n) is 3.40. The van der Waals surface area contributed by atoms with Crippen molar-refractivity contribution in [3.05, 3.63) is 70.5 Å². The Hall–Kier alpha value is -3.79. The quantitative estimate of drug-likeness (QED) is 0.368. The van der Waals surface area contributed by atoms with Crippen molar-refractivity contribution >= 4 is 33.9 Å². The summed E-state index contributed by atoms with van der Waals surface area (Å²) in [7, 11) is 2.95. The maximum atomic E-state index is 13.3. The Balaban J connectivity index is 1.94. The number of ketones is 1. The molecule has 1 amide bonds. The van der Waals surface area contributed by atoms with E-state index < -0.39 is 29.3 Å². The van der Waals surface area contributed by atoms with E-state index in [-0.39, 0.29) is 16.3 Å². The van der Waals surface area contributed by atoms with Crippen molar-refractivity contribution in [1.82, 2.24) is 10.2 Å². The molecule has 3 aromatic rings. The molecular weight excluding hydrogens is 425 g/mol. The Morgan fingerprint density at radius 2 is 1.81 bits per heavy atom. The van der Waals surface area contributed by atoms with Gasteiger partial charge in [0.25, 0.3) is 5.78 Å². The van der Waals surface area contributed by atoms with Gasteiger partial charge in [0.15, 0.2) is 11.5 Å². The second-order valence-electron chi connectivity index (χ2n) is 6.51. The zero-order chi connectivity index (χ0) is 22.1. The van der Waals surface area contributed by atoms with Crippen LogP contribution in [0.15, 0.2) is 53.5 Å². The molecule has 0 aliphatic carbocycles. The van der Waals surface area contributed by atoms with Gasteiger partial charge in [0.1, 0.15) is 17.1 Å². The predicted molar refractivity (Wildman–Crippen MR) is 111 cm³/mol. The molecule has 1 aliphatic heterocycles. The lowest BCUT2D eigenvalue weighted by Gasteiger charge is -2.23. The number of halogens is 1. The van der Waals surface area contributed by atoms with Gasteiger partial charge in [-0.15, -0.1) is 10.2 Å². The minimum Gasteiger partial charge on any atom is -0.507 e. The number of anilines is 1. The second-order valence-corrected chi connectivity index (χ2v) is 7.32. The summed E-state index contributed by atoms with van der Waals surface area (Å²) in [4.78, 5) is 27.1. The number of carbonyl (C=O) groups excluding carboxylic acids is 2. The van der Waals surface area contributed by atoms with Crippen LogP contribution in [0.1, 0.15) is 17.2 Å². The summed E-state index contributed by atoms with van der Waals surface area (Å²) in [6, 6.07) is 8.86. The first kappa shape index (κ1) is 20.5. The third kappa shape index (κ3) is 3.50. The monoisotopic (exact) mass is 441 g/mol. The molecule has 1 aliphatic rings. The van der Waals surface area contributed by atoms with Gasteiger partial charge in [-0.3, -0.25) is 14.5 Å². The number of methoxy groups -OCH3 is 2. The van der Waals surface area contributed by atoms with Gasteiger partial charge in [0.05, 0.1) is 25.8 Å². The number of amides is 1. The number of Topliss-reactive ketones (excluding diaryl/α,β-unsaturated/α-hetero) is 1. The first-order valence-corrected chi connectivity index (χ1v) is 9.89. The van der Waals surface area contributed by atoms with E-state index in [4.69, 9.17) is 9.47 Å². The van der Waals surface area contributed by atoms with Gasteiger partial charge in [-0.1, -0.05) is 17.4 Å². The van der Waals surface area contributed by atoms with E-state index in [1.165, 1.54) is 36.8 Å². The minimum atomic E-state index is -1.00. The molecule has 2 heterocycles. The fourth-order valence-corrected chi connectivity index (χ4v) is 3.99. The molecule has 0 bridgehead atoms. The maximum absolute atomic E-state index is 13.3. The van der Waals surface area contributed by atoms with E-state index in [2.05, 4.69) is 10.2 Å². The lowest BCUT2D eigenvalue weighted by Crippen LogP contribution is -2.29. The Morgan fingerprint density at radius 1 is 1.10 bits per heavy atom. The van der Waals surface area contributed by atoms with E-state index in [0.29, 0.717) is 17.1 Å². The molecule has 2 aromatic carbocycles. The van der Waals surface area contributed by atoms with Crippen molar-refractivity contribution in [2.24, 2.45) is 0 Å². The molecule has 0 saturated carbocycles. The Labute approximate surface area is 180 Å². The molecule has 0 radical (unpaired) electrons. The van der Waals surface area contributed by atoms with Crippen LogP contribution in [0, 0.1) is 5.82 Å². The summed E-state index contributed by atoms with van der Waals surface area (Å²) in [5.41, 5.74) is 1.96. The molecule has 1 N–H and O–H groups in total. The van der Waals surface area contributed by atoms with Crippen molar-refractivity contribution < 1.29 is 28.6 Å². The molecular formula is C21H16FN3O5S. The van der Waals surface area contributed by atoms with Crippen molar-refractivity contribution in [1.29, 1.82) is 0 Å². The molecule has 158 valence electrons. The summed E-state index contributed by atoms with van der Waals surface area (Å²) in [5, 5.41) is 18.8. The van der Waals surface area contributed by atoms with Gasteiger partial charge in [-0.25, -0.2) is 4.39 Å². The van der Waals surface area contributed by atoms with Crippen LogP contribution in [-0.4, -0.2) is 41.2 Å². The molecule has 4 rings (SSSR count). The van der Waals surface area contributed by atoms with Crippen LogP contribution in [0.2, 0.25) is 0 Å². The van der Waals surface area contributed by atoms with Crippen LogP contribution in [0.4, 0.5) is 9.52 Å². The molecule has 1 saturated heterocycles. The largest absolute Gasteiger partial charge is 0.507 e. The molecule has 1 aromatic heterocycles. The normalized spacial score (nSPS) is 17.8. The van der Waals surface area contributed by atoms with Crippen molar-refractivity contribution in [3.63, 3.8) is 0 Å². The highest BCUT2D eigenvalue weighted by atomic mass is 32.1. The van der Waals surface area contributed by atoms with Crippen LogP contribution < -0.4 is 14.4 Å². The molecule has 8 nitrogen and oxygen atoms in total. The third-order valence-corrected chi connectivity index (χ3v) is 5.53. The Morgan fingerprint density at radius 3 is 2.42 bits per heavy atom. The van der Waals surface area contributed by atoms with Crippen LogP contribution in [0.25, 0.3) is 5.76 Å². The van der Waals surface area contributed by atoms with E-state index in [0.717, 1.165) is 23.5 Å².